The van der Waals surface area contributed by atoms with Crippen LogP contribution in [-0.4, -0.2) is 35.6 Å². The van der Waals surface area contributed by atoms with E-state index in [1.165, 1.54) is 0 Å². The monoisotopic (exact) mass is 353 g/mol. The minimum atomic E-state index is -0.380. The van der Waals surface area contributed by atoms with Crippen LogP contribution >= 0.6 is 15.9 Å². The summed E-state index contributed by atoms with van der Waals surface area (Å²) in [7, 11) is 3.67. The van der Waals surface area contributed by atoms with Crippen LogP contribution in [0.5, 0.6) is 0 Å². The first-order chi connectivity index (χ1) is 10.0. The van der Waals surface area contributed by atoms with E-state index in [2.05, 4.69) is 43.1 Å². The average molecular weight is 354 g/mol. The van der Waals surface area contributed by atoms with E-state index in [1.54, 1.807) is 23.1 Å². The second-order valence-corrected chi connectivity index (χ2v) is 5.56. The van der Waals surface area contributed by atoms with Crippen molar-refractivity contribution in [2.75, 3.05) is 30.9 Å². The molecule has 1 aromatic carbocycles. The van der Waals surface area contributed by atoms with Crippen molar-refractivity contribution >= 4 is 27.8 Å². The fourth-order valence-corrected chi connectivity index (χ4v) is 2.04. The van der Waals surface area contributed by atoms with E-state index in [1.807, 2.05) is 14.1 Å². The Labute approximate surface area is 131 Å². The SMILES string of the molecule is CCCNc1nc(-c2cccc(Br)c2F)nc(N(C)C)n1. The van der Waals surface area contributed by atoms with Crippen molar-refractivity contribution in [1.29, 1.82) is 0 Å². The van der Waals surface area contributed by atoms with Crippen molar-refractivity contribution in [2.45, 2.75) is 13.3 Å². The van der Waals surface area contributed by atoms with Gasteiger partial charge in [0.05, 0.1) is 10.0 Å². The van der Waals surface area contributed by atoms with E-state index in [9.17, 15) is 4.39 Å². The molecule has 0 amide bonds. The Hall–Kier alpha value is -1.76. The maximum atomic E-state index is 14.2. The van der Waals surface area contributed by atoms with Crippen LogP contribution < -0.4 is 10.2 Å². The lowest BCUT2D eigenvalue weighted by Gasteiger charge is -2.13. The summed E-state index contributed by atoms with van der Waals surface area (Å²) in [6.07, 6.45) is 0.948. The number of nitrogens with zero attached hydrogens (tertiary/aromatic N) is 4. The predicted octanol–water partition coefficient (Wildman–Crippen LogP) is 3.33. The molecule has 1 aromatic heterocycles. The molecule has 2 rings (SSSR count). The summed E-state index contributed by atoms with van der Waals surface area (Å²) in [6, 6.07) is 5.04. The van der Waals surface area contributed by atoms with Crippen LogP contribution in [0.1, 0.15) is 13.3 Å². The first-order valence-electron chi connectivity index (χ1n) is 6.64. The number of rotatable bonds is 5. The number of hydrogen-bond acceptors (Lipinski definition) is 5. The third-order valence-electron chi connectivity index (χ3n) is 2.75. The molecule has 0 fully saturated rings. The van der Waals surface area contributed by atoms with Crippen LogP contribution in [0, 0.1) is 5.82 Å². The molecule has 5 nitrogen and oxygen atoms in total. The molecule has 1 N–H and O–H groups in total. The van der Waals surface area contributed by atoms with Crippen molar-refractivity contribution in [1.82, 2.24) is 15.0 Å². The van der Waals surface area contributed by atoms with Gasteiger partial charge in [0.2, 0.25) is 11.9 Å². The molecule has 21 heavy (non-hydrogen) atoms. The second-order valence-electron chi connectivity index (χ2n) is 4.71. The summed E-state index contributed by atoms with van der Waals surface area (Å²) in [5, 5.41) is 3.11. The second kappa shape index (κ2) is 6.80. The first kappa shape index (κ1) is 15.6. The standard InChI is InChI=1S/C14H17BrFN5/c1-4-8-17-13-18-12(19-14(20-13)21(2)3)9-6-5-7-10(15)11(9)16/h5-7H,4,8H2,1-3H3,(H,17,18,19,20). The van der Waals surface area contributed by atoms with Crippen molar-refractivity contribution in [3.63, 3.8) is 0 Å². The van der Waals surface area contributed by atoms with E-state index in [-0.39, 0.29) is 5.82 Å². The van der Waals surface area contributed by atoms with Crippen molar-refractivity contribution in [3.05, 3.63) is 28.5 Å². The summed E-state index contributed by atoms with van der Waals surface area (Å²) < 4.78 is 14.6. The number of benzene rings is 1. The third-order valence-corrected chi connectivity index (χ3v) is 3.36. The Morgan fingerprint density at radius 1 is 1.24 bits per heavy atom. The topological polar surface area (TPSA) is 53.9 Å². The molecular formula is C14H17BrFN5. The molecule has 0 bridgehead atoms. The lowest BCUT2D eigenvalue weighted by molar-refractivity contribution is 0.623. The van der Waals surface area contributed by atoms with E-state index < -0.39 is 0 Å². The van der Waals surface area contributed by atoms with Gasteiger partial charge in [-0.25, -0.2) is 4.39 Å². The van der Waals surface area contributed by atoms with Gasteiger partial charge in [0, 0.05) is 20.6 Å². The van der Waals surface area contributed by atoms with Crippen LogP contribution in [0.15, 0.2) is 22.7 Å². The lowest BCUT2D eigenvalue weighted by atomic mass is 10.2. The predicted molar refractivity (Wildman–Crippen MR) is 86.0 cm³/mol. The van der Waals surface area contributed by atoms with Gasteiger partial charge < -0.3 is 10.2 Å². The van der Waals surface area contributed by atoms with E-state index >= 15 is 0 Å². The maximum Gasteiger partial charge on any atom is 0.230 e. The van der Waals surface area contributed by atoms with Gasteiger partial charge in [-0.3, -0.25) is 0 Å². The van der Waals surface area contributed by atoms with Gasteiger partial charge in [0.1, 0.15) is 5.82 Å². The van der Waals surface area contributed by atoms with Gasteiger partial charge in [-0.05, 0) is 34.5 Å². The highest BCUT2D eigenvalue weighted by molar-refractivity contribution is 9.10. The number of hydrogen-bond donors (Lipinski definition) is 1. The van der Waals surface area contributed by atoms with Crippen LogP contribution in [0.4, 0.5) is 16.3 Å². The first-order valence-corrected chi connectivity index (χ1v) is 7.44. The summed E-state index contributed by atoms with van der Waals surface area (Å²) in [4.78, 5) is 14.7. The van der Waals surface area contributed by atoms with Crippen LogP contribution in [0.2, 0.25) is 0 Å². The molecule has 0 saturated carbocycles. The van der Waals surface area contributed by atoms with E-state index in [4.69, 9.17) is 0 Å². The molecule has 0 spiro atoms. The van der Waals surface area contributed by atoms with Crippen molar-refractivity contribution < 1.29 is 4.39 Å². The fourth-order valence-electron chi connectivity index (χ4n) is 1.68. The molecule has 0 atom stereocenters. The van der Waals surface area contributed by atoms with E-state index in [0.29, 0.717) is 27.8 Å². The van der Waals surface area contributed by atoms with Gasteiger partial charge in [-0.1, -0.05) is 13.0 Å². The zero-order valence-electron chi connectivity index (χ0n) is 12.2. The van der Waals surface area contributed by atoms with Crippen LogP contribution in [0.3, 0.4) is 0 Å². The Morgan fingerprint density at radius 2 is 2.00 bits per heavy atom. The van der Waals surface area contributed by atoms with Crippen LogP contribution in [0.25, 0.3) is 11.4 Å². The summed E-state index contributed by atoms with van der Waals surface area (Å²) in [5.41, 5.74) is 0.342. The molecule has 0 aliphatic carbocycles. The smallest absolute Gasteiger partial charge is 0.230 e. The largest absolute Gasteiger partial charge is 0.354 e. The fraction of sp³-hybridized carbons (Fsp3) is 0.357. The highest BCUT2D eigenvalue weighted by Crippen LogP contribution is 2.26. The van der Waals surface area contributed by atoms with Gasteiger partial charge >= 0.3 is 0 Å². The molecule has 7 heteroatoms. The number of halogens is 2. The van der Waals surface area contributed by atoms with Crippen LogP contribution in [-0.2, 0) is 0 Å². The molecular weight excluding hydrogens is 337 g/mol. The summed E-state index contributed by atoms with van der Waals surface area (Å²) >= 11 is 3.18. The molecule has 0 saturated heterocycles. The van der Waals surface area contributed by atoms with Gasteiger partial charge in [0.25, 0.3) is 0 Å². The molecule has 0 aliphatic heterocycles. The molecule has 0 radical (unpaired) electrons. The van der Waals surface area contributed by atoms with E-state index in [0.717, 1.165) is 13.0 Å². The molecule has 112 valence electrons. The highest BCUT2D eigenvalue weighted by Gasteiger charge is 2.14. The normalized spacial score (nSPS) is 10.5. The molecule has 0 aliphatic rings. The Kier molecular flexibility index (Phi) is 5.06. The number of anilines is 2. The highest BCUT2D eigenvalue weighted by atomic mass is 79.9. The molecule has 1 heterocycles. The minimum Gasteiger partial charge on any atom is -0.354 e. The summed E-state index contributed by atoms with van der Waals surface area (Å²) in [5.74, 6) is 0.865. The summed E-state index contributed by atoms with van der Waals surface area (Å²) in [6.45, 7) is 2.80. The Morgan fingerprint density at radius 3 is 2.67 bits per heavy atom. The maximum absolute atomic E-state index is 14.2. The minimum absolute atomic E-state index is 0.311. The van der Waals surface area contributed by atoms with Crippen molar-refractivity contribution in [2.24, 2.45) is 0 Å². The van der Waals surface area contributed by atoms with Gasteiger partial charge in [-0.15, -0.1) is 0 Å². The lowest BCUT2D eigenvalue weighted by Crippen LogP contribution is -2.16. The molecule has 2 aromatic rings. The zero-order valence-corrected chi connectivity index (χ0v) is 13.8. The zero-order chi connectivity index (χ0) is 15.4. The Bertz CT molecular complexity index is 633. The number of nitrogens with one attached hydrogen (secondary N) is 1. The number of aromatic nitrogens is 3. The molecule has 0 unspecified atom stereocenters. The Balaban J connectivity index is 2.51. The van der Waals surface area contributed by atoms with Gasteiger partial charge in [0.15, 0.2) is 5.82 Å². The quantitative estimate of drug-likeness (QED) is 0.893. The third kappa shape index (κ3) is 3.66. The van der Waals surface area contributed by atoms with Crippen molar-refractivity contribution in [3.8, 4) is 11.4 Å². The van der Waals surface area contributed by atoms with Gasteiger partial charge in [-0.2, -0.15) is 15.0 Å². The average Bonchev–Trinajstić information content (AvgIpc) is 2.47.